The number of rotatable bonds is 3. The molecule has 1 aliphatic rings. The summed E-state index contributed by atoms with van der Waals surface area (Å²) in [7, 11) is 0. The van der Waals surface area contributed by atoms with Gasteiger partial charge >= 0.3 is 0 Å². The average molecular weight is 298 g/mol. The molecule has 3 rings (SSSR count). The average Bonchev–Trinajstić information content (AvgIpc) is 2.51. The van der Waals surface area contributed by atoms with Crippen molar-refractivity contribution in [2.24, 2.45) is 0 Å². The third-order valence-corrected chi connectivity index (χ3v) is 3.53. The predicted molar refractivity (Wildman–Crippen MR) is 85.4 cm³/mol. The number of hydrogen-bond donors (Lipinski definition) is 2. The third-order valence-electron chi connectivity index (χ3n) is 3.53. The molecule has 0 spiro atoms. The van der Waals surface area contributed by atoms with Crippen molar-refractivity contribution in [1.29, 1.82) is 0 Å². The second-order valence-electron chi connectivity index (χ2n) is 5.27. The van der Waals surface area contributed by atoms with E-state index >= 15 is 0 Å². The van der Waals surface area contributed by atoms with Crippen LogP contribution in [0.4, 0.5) is 11.4 Å². The third kappa shape index (κ3) is 3.14. The summed E-state index contributed by atoms with van der Waals surface area (Å²) < 4.78 is 11.0. The van der Waals surface area contributed by atoms with Gasteiger partial charge in [-0.2, -0.15) is 0 Å². The van der Waals surface area contributed by atoms with Crippen LogP contribution in [0.2, 0.25) is 0 Å². The largest absolute Gasteiger partial charge is 0.486 e. The molecule has 0 saturated carbocycles. The van der Waals surface area contributed by atoms with Gasteiger partial charge in [-0.15, -0.1) is 0 Å². The number of nitrogen functional groups attached to an aromatic ring is 1. The molecule has 0 saturated heterocycles. The molecule has 0 bridgehead atoms. The highest BCUT2D eigenvalue weighted by atomic mass is 16.6. The first-order valence-electron chi connectivity index (χ1n) is 7.16. The SMILES string of the molecule is Cc1ccc(NC(=O)Cc2ccc3c(c2)OCCO3)cc1N. The Morgan fingerprint density at radius 3 is 2.68 bits per heavy atom. The Kier molecular flexibility index (Phi) is 3.87. The second-order valence-corrected chi connectivity index (χ2v) is 5.27. The molecule has 0 aromatic heterocycles. The van der Waals surface area contributed by atoms with Gasteiger partial charge in [0.2, 0.25) is 5.91 Å². The molecule has 0 radical (unpaired) electrons. The summed E-state index contributed by atoms with van der Waals surface area (Å²) in [6.07, 6.45) is 0.268. The number of aryl methyl sites for hydroxylation is 1. The lowest BCUT2D eigenvalue weighted by Crippen LogP contribution is -2.17. The van der Waals surface area contributed by atoms with Crippen LogP contribution in [0.25, 0.3) is 0 Å². The van der Waals surface area contributed by atoms with Gasteiger partial charge in [0.05, 0.1) is 6.42 Å². The Bertz CT molecular complexity index is 713. The number of amides is 1. The van der Waals surface area contributed by atoms with Gasteiger partial charge in [0.15, 0.2) is 11.5 Å². The van der Waals surface area contributed by atoms with Gasteiger partial charge in [-0.25, -0.2) is 0 Å². The van der Waals surface area contributed by atoms with E-state index in [4.69, 9.17) is 15.2 Å². The Morgan fingerprint density at radius 1 is 1.14 bits per heavy atom. The molecule has 5 heteroatoms. The van der Waals surface area contributed by atoms with Crippen LogP contribution in [0.5, 0.6) is 11.5 Å². The molecule has 22 heavy (non-hydrogen) atoms. The van der Waals surface area contributed by atoms with Crippen LogP contribution in [0.1, 0.15) is 11.1 Å². The number of benzene rings is 2. The molecule has 0 unspecified atom stereocenters. The van der Waals surface area contributed by atoms with Gasteiger partial charge in [0.1, 0.15) is 13.2 Å². The van der Waals surface area contributed by atoms with Crippen LogP contribution in [-0.2, 0) is 11.2 Å². The van der Waals surface area contributed by atoms with Crippen molar-refractivity contribution in [3.05, 3.63) is 47.5 Å². The van der Waals surface area contributed by atoms with Crippen LogP contribution in [0.15, 0.2) is 36.4 Å². The zero-order valence-corrected chi connectivity index (χ0v) is 12.4. The highest BCUT2D eigenvalue weighted by Crippen LogP contribution is 2.31. The van der Waals surface area contributed by atoms with E-state index in [2.05, 4.69) is 5.32 Å². The summed E-state index contributed by atoms with van der Waals surface area (Å²) in [6, 6.07) is 11.0. The molecule has 3 N–H and O–H groups in total. The predicted octanol–water partition coefficient (Wildman–Crippen LogP) is 2.53. The first-order valence-corrected chi connectivity index (χ1v) is 7.16. The van der Waals surface area contributed by atoms with Crippen LogP contribution >= 0.6 is 0 Å². The van der Waals surface area contributed by atoms with E-state index in [0.29, 0.717) is 30.3 Å². The fourth-order valence-electron chi connectivity index (χ4n) is 2.31. The van der Waals surface area contributed by atoms with Crippen molar-refractivity contribution in [2.75, 3.05) is 24.3 Å². The molecule has 2 aromatic rings. The van der Waals surface area contributed by atoms with Crippen LogP contribution in [-0.4, -0.2) is 19.1 Å². The normalized spacial score (nSPS) is 12.8. The fraction of sp³-hybridized carbons (Fsp3) is 0.235. The van der Waals surface area contributed by atoms with Crippen molar-refractivity contribution >= 4 is 17.3 Å². The minimum atomic E-state index is -0.0973. The van der Waals surface area contributed by atoms with Crippen molar-refractivity contribution in [3.8, 4) is 11.5 Å². The lowest BCUT2D eigenvalue weighted by molar-refractivity contribution is -0.115. The van der Waals surface area contributed by atoms with Crippen LogP contribution in [0.3, 0.4) is 0 Å². The number of fused-ring (bicyclic) bond motifs is 1. The van der Waals surface area contributed by atoms with Crippen LogP contribution < -0.4 is 20.5 Å². The Balaban J connectivity index is 1.67. The standard InChI is InChI=1S/C17H18N2O3/c1-11-2-4-13(10-14(11)18)19-17(20)9-12-3-5-15-16(8-12)22-7-6-21-15/h2-5,8,10H,6-7,9,18H2,1H3,(H,19,20). The first kappa shape index (κ1) is 14.3. The summed E-state index contributed by atoms with van der Waals surface area (Å²) in [6.45, 7) is 3.02. The van der Waals surface area contributed by atoms with Gasteiger partial charge in [0, 0.05) is 11.4 Å². The van der Waals surface area contributed by atoms with Crippen molar-refractivity contribution in [2.45, 2.75) is 13.3 Å². The topological polar surface area (TPSA) is 73.6 Å². The highest BCUT2D eigenvalue weighted by molar-refractivity contribution is 5.92. The smallest absolute Gasteiger partial charge is 0.228 e. The van der Waals surface area contributed by atoms with E-state index in [1.54, 1.807) is 6.07 Å². The van der Waals surface area contributed by atoms with Gasteiger partial charge in [0.25, 0.3) is 0 Å². The molecule has 0 fully saturated rings. The Morgan fingerprint density at radius 2 is 1.91 bits per heavy atom. The summed E-state index contributed by atoms with van der Waals surface area (Å²) >= 11 is 0. The zero-order chi connectivity index (χ0) is 15.5. The summed E-state index contributed by atoms with van der Waals surface area (Å²) in [5, 5.41) is 2.85. The molecule has 0 aliphatic carbocycles. The summed E-state index contributed by atoms with van der Waals surface area (Å²) in [5.74, 6) is 1.32. The molecule has 1 amide bonds. The lowest BCUT2D eigenvalue weighted by atomic mass is 10.1. The quantitative estimate of drug-likeness (QED) is 0.854. The number of carbonyl (C=O) groups excluding carboxylic acids is 1. The van der Waals surface area contributed by atoms with Crippen molar-refractivity contribution in [1.82, 2.24) is 0 Å². The van der Waals surface area contributed by atoms with Gasteiger partial charge < -0.3 is 20.5 Å². The monoisotopic (exact) mass is 298 g/mol. The highest BCUT2D eigenvalue weighted by Gasteiger charge is 2.13. The number of ether oxygens (including phenoxy) is 2. The van der Waals surface area contributed by atoms with E-state index < -0.39 is 0 Å². The van der Waals surface area contributed by atoms with Gasteiger partial charge in [-0.3, -0.25) is 4.79 Å². The zero-order valence-electron chi connectivity index (χ0n) is 12.4. The maximum Gasteiger partial charge on any atom is 0.228 e. The van der Waals surface area contributed by atoms with E-state index in [-0.39, 0.29) is 12.3 Å². The second kappa shape index (κ2) is 5.97. The maximum atomic E-state index is 12.1. The number of carbonyl (C=O) groups is 1. The molecule has 2 aromatic carbocycles. The molecule has 1 heterocycles. The van der Waals surface area contributed by atoms with Crippen LogP contribution in [0, 0.1) is 6.92 Å². The number of nitrogens with two attached hydrogens (primary N) is 1. The minimum Gasteiger partial charge on any atom is -0.486 e. The first-order chi connectivity index (χ1) is 10.6. The molecule has 1 aliphatic heterocycles. The maximum absolute atomic E-state index is 12.1. The minimum absolute atomic E-state index is 0.0973. The van der Waals surface area contributed by atoms with E-state index in [1.165, 1.54) is 0 Å². The molecule has 114 valence electrons. The number of anilines is 2. The Hall–Kier alpha value is -2.69. The van der Waals surface area contributed by atoms with E-state index in [9.17, 15) is 4.79 Å². The summed E-state index contributed by atoms with van der Waals surface area (Å²) in [4.78, 5) is 12.1. The lowest BCUT2D eigenvalue weighted by Gasteiger charge is -2.18. The van der Waals surface area contributed by atoms with E-state index in [1.807, 2.05) is 37.3 Å². The van der Waals surface area contributed by atoms with E-state index in [0.717, 1.165) is 16.9 Å². The number of nitrogens with one attached hydrogen (secondary N) is 1. The Labute approximate surface area is 129 Å². The van der Waals surface area contributed by atoms with Crippen molar-refractivity contribution in [3.63, 3.8) is 0 Å². The summed E-state index contributed by atoms with van der Waals surface area (Å²) in [5.41, 5.74) is 9.07. The fourth-order valence-corrected chi connectivity index (χ4v) is 2.31. The molecular formula is C17H18N2O3. The van der Waals surface area contributed by atoms with Crippen molar-refractivity contribution < 1.29 is 14.3 Å². The molecule has 0 atom stereocenters. The molecular weight excluding hydrogens is 280 g/mol. The number of hydrogen-bond acceptors (Lipinski definition) is 4. The van der Waals surface area contributed by atoms with Gasteiger partial charge in [-0.1, -0.05) is 12.1 Å². The molecule has 5 nitrogen and oxygen atoms in total. The van der Waals surface area contributed by atoms with Gasteiger partial charge in [-0.05, 0) is 42.3 Å².